The molecule has 0 aliphatic carbocycles. The van der Waals surface area contributed by atoms with Crippen molar-refractivity contribution >= 4 is 23.6 Å². The molecule has 0 aromatic heterocycles. The first kappa shape index (κ1) is 51.5. The Morgan fingerprint density at radius 3 is 1.17 bits per heavy atom. The van der Waals surface area contributed by atoms with Crippen molar-refractivity contribution in [2.45, 2.75) is 109 Å². The molecule has 0 aromatic rings. The van der Waals surface area contributed by atoms with Gasteiger partial charge in [0, 0.05) is 31.1 Å². The number of nitrogens with one attached hydrogen (secondary N) is 1. The van der Waals surface area contributed by atoms with Gasteiger partial charge in [-0.15, -0.1) is 0 Å². The molecular weight excluding hydrogens is 863 g/mol. The highest BCUT2D eigenvalue weighted by atomic mass is 32.2. The molecule has 5 N–H and O–H groups in total. The van der Waals surface area contributed by atoms with Crippen LogP contribution in [0.4, 0.5) is 110 Å². The molecule has 2 unspecified atom stereocenters. The third-order valence-electron chi connectivity index (χ3n) is 6.69. The van der Waals surface area contributed by atoms with E-state index in [1.807, 2.05) is 0 Å². The number of nitrogens with two attached hydrogens (primary N) is 1. The van der Waals surface area contributed by atoms with Crippen molar-refractivity contribution in [3.05, 3.63) is 0 Å². The summed E-state index contributed by atoms with van der Waals surface area (Å²) in [6.45, 7) is 0. The quantitative estimate of drug-likeness (QED) is 0.0535. The Kier molecular flexibility index (Phi) is 14.7. The fraction of sp³-hybridized carbons (Fsp3) is 0.909. The zero-order chi connectivity index (χ0) is 44.0. The summed E-state index contributed by atoms with van der Waals surface area (Å²) in [5.41, 5.74) is 5.28. The van der Waals surface area contributed by atoms with E-state index in [2.05, 4.69) is 0 Å². The van der Waals surface area contributed by atoms with E-state index in [0.29, 0.717) is 0 Å². The van der Waals surface area contributed by atoms with Crippen LogP contribution in [0.5, 0.6) is 0 Å². The van der Waals surface area contributed by atoms with Crippen LogP contribution in [0.2, 0.25) is 0 Å². The highest BCUT2D eigenvalue weighted by Crippen LogP contribution is 2.67. The topological polar surface area (TPSA) is 113 Å². The summed E-state index contributed by atoms with van der Waals surface area (Å²) in [7, 11) is 0. The molecule has 0 aliphatic heterocycles. The minimum Gasteiger partial charge on any atom is -0.481 e. The predicted molar refractivity (Wildman–Crippen MR) is 126 cm³/mol. The largest absolute Gasteiger partial charge is 0.481 e. The second kappa shape index (κ2) is 15.4. The molecular formula is C22H19F25N2O4S. The molecule has 0 saturated carbocycles. The standard InChI is InChI=1S/C22H19F25N2O4S/c23-11(24,2-4-54-3-1-8(50)49-9(51)5-7(48)6-10(52)53)12(25,26)13(27,28)14(29,30)15(31,32)16(33,34)17(35,36)18(37,38)19(39,40)20(41,42)21(43,44)22(45,46)47/h7,9,51H,1-6,48H2,(H,49,50)(H,52,53). The summed E-state index contributed by atoms with van der Waals surface area (Å²) in [4.78, 5) is 22.1. The summed E-state index contributed by atoms with van der Waals surface area (Å²) in [5, 5.41) is 19.8. The fourth-order valence-corrected chi connectivity index (χ4v) is 4.46. The van der Waals surface area contributed by atoms with E-state index in [-0.39, 0.29) is 11.8 Å². The lowest BCUT2D eigenvalue weighted by Crippen LogP contribution is -2.78. The maximum absolute atomic E-state index is 14.0. The van der Waals surface area contributed by atoms with Crippen LogP contribution >= 0.6 is 11.8 Å². The van der Waals surface area contributed by atoms with Crippen LogP contribution in [-0.2, 0) is 9.59 Å². The SMILES string of the molecule is NC(CC(=O)O)CC(O)NC(=O)CCSCCC(F)(F)C(F)(F)C(F)(F)C(F)(F)C(F)(F)C(F)(F)C(F)(F)C(F)(F)C(F)(F)C(F)(F)C(F)(F)C(F)(F)F. The normalized spacial score (nSPS) is 16.6. The highest BCUT2D eigenvalue weighted by molar-refractivity contribution is 7.99. The molecule has 0 fully saturated rings. The fourth-order valence-electron chi connectivity index (χ4n) is 3.52. The molecule has 0 rings (SSSR count). The van der Waals surface area contributed by atoms with Crippen LogP contribution in [0, 0.1) is 0 Å². The van der Waals surface area contributed by atoms with Crippen LogP contribution in [0.15, 0.2) is 0 Å². The van der Waals surface area contributed by atoms with Crippen LogP contribution in [-0.4, -0.2) is 117 Å². The van der Waals surface area contributed by atoms with Gasteiger partial charge in [0.1, 0.15) is 6.23 Å². The number of amides is 1. The number of hydrogen-bond donors (Lipinski definition) is 4. The van der Waals surface area contributed by atoms with Gasteiger partial charge in [0.05, 0.1) is 6.42 Å². The van der Waals surface area contributed by atoms with Crippen molar-refractivity contribution < 1.29 is 130 Å². The van der Waals surface area contributed by atoms with Gasteiger partial charge < -0.3 is 21.3 Å². The van der Waals surface area contributed by atoms with Gasteiger partial charge in [-0.3, -0.25) is 9.59 Å². The number of aliphatic hydroxyl groups excluding tert-OH is 1. The van der Waals surface area contributed by atoms with Gasteiger partial charge in [-0.2, -0.15) is 122 Å². The van der Waals surface area contributed by atoms with E-state index < -0.39 is 133 Å². The molecule has 0 saturated heterocycles. The molecule has 0 bridgehead atoms. The summed E-state index contributed by atoms with van der Waals surface area (Å²) in [6.07, 6.45) is -15.3. The van der Waals surface area contributed by atoms with Crippen molar-refractivity contribution in [2.75, 3.05) is 11.5 Å². The number of rotatable bonds is 21. The lowest BCUT2D eigenvalue weighted by atomic mass is 9.84. The molecule has 0 aromatic carbocycles. The van der Waals surface area contributed by atoms with Gasteiger partial charge in [-0.25, -0.2) is 0 Å². The molecule has 0 heterocycles. The van der Waals surface area contributed by atoms with Gasteiger partial charge in [0.25, 0.3) is 0 Å². The lowest BCUT2D eigenvalue weighted by Gasteiger charge is -2.45. The number of halogens is 25. The number of carboxylic acids is 1. The number of aliphatic carboxylic acids is 1. The number of aliphatic hydroxyl groups is 1. The van der Waals surface area contributed by atoms with Crippen molar-refractivity contribution in [3.63, 3.8) is 0 Å². The molecule has 1 amide bonds. The molecule has 2 atom stereocenters. The van der Waals surface area contributed by atoms with Gasteiger partial charge in [-0.05, 0) is 5.75 Å². The number of alkyl halides is 25. The second-order valence-corrected chi connectivity index (χ2v) is 12.0. The van der Waals surface area contributed by atoms with Crippen molar-refractivity contribution in [1.82, 2.24) is 5.32 Å². The molecule has 0 radical (unpaired) electrons. The third-order valence-corrected chi connectivity index (χ3v) is 7.67. The van der Waals surface area contributed by atoms with Gasteiger partial charge in [-0.1, -0.05) is 0 Å². The van der Waals surface area contributed by atoms with E-state index in [0.717, 1.165) is 0 Å². The van der Waals surface area contributed by atoms with E-state index >= 15 is 0 Å². The number of carbonyl (C=O) groups excluding carboxylic acids is 1. The van der Waals surface area contributed by atoms with E-state index in [9.17, 15) is 124 Å². The second-order valence-electron chi connectivity index (χ2n) is 10.7. The first-order chi connectivity index (χ1) is 23.3. The molecule has 322 valence electrons. The monoisotopic (exact) mass is 882 g/mol. The maximum atomic E-state index is 14.0. The first-order valence-corrected chi connectivity index (χ1v) is 14.3. The average Bonchev–Trinajstić information content (AvgIpc) is 2.94. The Balaban J connectivity index is 6.34. The number of carbonyl (C=O) groups is 2. The van der Waals surface area contributed by atoms with E-state index in [1.165, 1.54) is 0 Å². The zero-order valence-electron chi connectivity index (χ0n) is 25.0. The molecule has 6 nitrogen and oxygen atoms in total. The smallest absolute Gasteiger partial charge is 0.460 e. The zero-order valence-corrected chi connectivity index (χ0v) is 25.9. The minimum absolute atomic E-state index is 0.182. The van der Waals surface area contributed by atoms with Crippen LogP contribution < -0.4 is 11.1 Å². The number of thioether (sulfide) groups is 1. The Hall–Kier alpha value is -2.54. The van der Waals surface area contributed by atoms with Crippen LogP contribution in [0.25, 0.3) is 0 Å². The number of carboxylic acid groups (broad SMARTS) is 1. The van der Waals surface area contributed by atoms with Crippen molar-refractivity contribution in [3.8, 4) is 0 Å². The predicted octanol–water partition coefficient (Wildman–Crippen LogP) is 7.68. The third kappa shape index (κ3) is 8.42. The summed E-state index contributed by atoms with van der Waals surface area (Å²) < 4.78 is 338. The minimum atomic E-state index is -9.65. The molecule has 0 aliphatic rings. The van der Waals surface area contributed by atoms with Gasteiger partial charge in [0.2, 0.25) is 5.91 Å². The summed E-state index contributed by atoms with van der Waals surface area (Å²) >= 11 is -0.182. The van der Waals surface area contributed by atoms with E-state index in [4.69, 9.17) is 10.8 Å². The Morgan fingerprint density at radius 1 is 0.537 bits per heavy atom. The average molecular weight is 882 g/mol. The van der Waals surface area contributed by atoms with Crippen LogP contribution in [0.1, 0.15) is 25.7 Å². The molecule has 32 heteroatoms. The summed E-state index contributed by atoms with van der Waals surface area (Å²) in [6, 6.07) is -1.25. The molecule has 0 spiro atoms. The Morgan fingerprint density at radius 2 is 0.852 bits per heavy atom. The summed E-state index contributed by atoms with van der Waals surface area (Å²) in [5.74, 6) is -104. The van der Waals surface area contributed by atoms with Crippen molar-refractivity contribution in [2.24, 2.45) is 5.73 Å². The van der Waals surface area contributed by atoms with Gasteiger partial charge in [0.15, 0.2) is 0 Å². The lowest BCUT2D eigenvalue weighted by molar-refractivity contribution is -0.482. The first-order valence-electron chi connectivity index (χ1n) is 13.1. The van der Waals surface area contributed by atoms with Crippen LogP contribution in [0.3, 0.4) is 0 Å². The Bertz CT molecular complexity index is 1320. The highest BCUT2D eigenvalue weighted by Gasteiger charge is 2.99. The molecule has 54 heavy (non-hydrogen) atoms. The Labute approximate surface area is 285 Å². The van der Waals surface area contributed by atoms with E-state index in [1.54, 1.807) is 5.32 Å². The van der Waals surface area contributed by atoms with Crippen molar-refractivity contribution in [1.29, 1.82) is 0 Å². The maximum Gasteiger partial charge on any atom is 0.460 e. The number of hydrogen-bond acceptors (Lipinski definition) is 5. The van der Waals surface area contributed by atoms with Gasteiger partial charge >= 0.3 is 77.3 Å².